The third-order valence-electron chi connectivity index (χ3n) is 6.53. The summed E-state index contributed by atoms with van der Waals surface area (Å²) < 4.78 is 5.68. The molecule has 0 atom stereocenters. The molecule has 0 aliphatic carbocycles. The van der Waals surface area contributed by atoms with E-state index in [1.165, 1.54) is 17.3 Å². The van der Waals surface area contributed by atoms with Crippen molar-refractivity contribution in [3.63, 3.8) is 0 Å². The molecule has 2 aromatic carbocycles. The van der Waals surface area contributed by atoms with Gasteiger partial charge in [-0.2, -0.15) is 4.98 Å². The third kappa shape index (κ3) is 6.96. The molecule has 2 heterocycles. The number of amides is 2. The van der Waals surface area contributed by atoms with Crippen LogP contribution < -0.4 is 20.7 Å². The molecule has 0 bridgehead atoms. The van der Waals surface area contributed by atoms with E-state index in [2.05, 4.69) is 36.9 Å². The minimum absolute atomic E-state index is 0.0961. The highest BCUT2D eigenvalue weighted by atomic mass is 35.5. The summed E-state index contributed by atoms with van der Waals surface area (Å²) >= 11 is 6.41. The highest BCUT2D eigenvalue weighted by Crippen LogP contribution is 2.33. The molecule has 1 aromatic heterocycles. The molecule has 39 heavy (non-hydrogen) atoms. The Hall–Kier alpha value is -3.89. The van der Waals surface area contributed by atoms with E-state index in [0.717, 1.165) is 31.6 Å². The molecule has 11 heteroatoms. The first-order valence-electron chi connectivity index (χ1n) is 12.8. The van der Waals surface area contributed by atoms with Gasteiger partial charge in [-0.05, 0) is 55.2 Å². The second-order valence-corrected chi connectivity index (χ2v) is 9.84. The molecule has 0 spiro atoms. The van der Waals surface area contributed by atoms with E-state index in [-0.39, 0.29) is 11.8 Å². The highest BCUT2D eigenvalue weighted by Gasteiger charge is 2.20. The average molecular weight is 552 g/mol. The molecule has 1 aliphatic rings. The molecule has 10 nitrogen and oxygen atoms in total. The molecule has 1 aliphatic heterocycles. The lowest BCUT2D eigenvalue weighted by molar-refractivity contribution is -0.129. The summed E-state index contributed by atoms with van der Waals surface area (Å²) in [6, 6.07) is 11.2. The summed E-state index contributed by atoms with van der Waals surface area (Å²) in [7, 11) is 5.18. The third-order valence-corrected chi connectivity index (χ3v) is 6.80. The van der Waals surface area contributed by atoms with E-state index < -0.39 is 0 Å². The molecule has 0 saturated carbocycles. The molecule has 0 fully saturated rings. The molecule has 0 unspecified atom stereocenters. The van der Waals surface area contributed by atoms with Gasteiger partial charge in [0.1, 0.15) is 10.8 Å². The molecule has 3 aromatic rings. The van der Waals surface area contributed by atoms with Crippen LogP contribution in [0, 0.1) is 0 Å². The number of rotatable bonds is 9. The van der Waals surface area contributed by atoms with Crippen LogP contribution in [-0.2, 0) is 17.6 Å². The van der Waals surface area contributed by atoms with Crippen molar-refractivity contribution in [1.29, 1.82) is 0 Å². The Morgan fingerprint density at radius 2 is 1.79 bits per heavy atom. The fourth-order valence-electron chi connectivity index (χ4n) is 4.37. The van der Waals surface area contributed by atoms with Gasteiger partial charge in [0.15, 0.2) is 5.82 Å². The zero-order valence-corrected chi connectivity index (χ0v) is 23.4. The van der Waals surface area contributed by atoms with Gasteiger partial charge in [0.25, 0.3) is 5.91 Å². The molecule has 3 N–H and O–H groups in total. The van der Waals surface area contributed by atoms with E-state index >= 15 is 0 Å². The van der Waals surface area contributed by atoms with Gasteiger partial charge in [-0.1, -0.05) is 23.7 Å². The number of benzene rings is 2. The van der Waals surface area contributed by atoms with Crippen molar-refractivity contribution in [3.8, 4) is 5.75 Å². The lowest BCUT2D eigenvalue weighted by atomic mass is 10.0. The minimum atomic E-state index is -0.191. The fraction of sp³-hybridized carbons (Fsp3) is 0.357. The predicted molar refractivity (Wildman–Crippen MR) is 154 cm³/mol. The van der Waals surface area contributed by atoms with Gasteiger partial charge in [0.05, 0.1) is 36.8 Å². The Bertz CT molecular complexity index is 1350. The van der Waals surface area contributed by atoms with Crippen molar-refractivity contribution in [3.05, 3.63) is 64.3 Å². The molecule has 0 saturated heterocycles. The zero-order valence-electron chi connectivity index (χ0n) is 22.7. The van der Waals surface area contributed by atoms with Crippen molar-refractivity contribution in [2.75, 3.05) is 58.0 Å². The fourth-order valence-corrected chi connectivity index (χ4v) is 4.51. The van der Waals surface area contributed by atoms with Gasteiger partial charge in [-0.25, -0.2) is 4.98 Å². The molecule has 0 radical (unpaired) electrons. The smallest absolute Gasteiger partial charge is 0.253 e. The van der Waals surface area contributed by atoms with Crippen LogP contribution in [0.15, 0.2) is 42.6 Å². The van der Waals surface area contributed by atoms with Crippen molar-refractivity contribution in [2.45, 2.75) is 19.8 Å². The number of ether oxygens (including phenoxy) is 1. The number of halogens is 1. The first kappa shape index (κ1) is 28.1. The quantitative estimate of drug-likeness (QED) is 0.367. The molecular formula is C28H34ClN7O3. The van der Waals surface area contributed by atoms with Crippen molar-refractivity contribution >= 4 is 46.6 Å². The van der Waals surface area contributed by atoms with E-state index in [1.54, 1.807) is 44.3 Å². The summed E-state index contributed by atoms with van der Waals surface area (Å²) in [4.78, 5) is 37.4. The first-order valence-corrected chi connectivity index (χ1v) is 13.2. The second-order valence-electron chi connectivity index (χ2n) is 9.43. The van der Waals surface area contributed by atoms with Crippen LogP contribution in [0.1, 0.15) is 28.4 Å². The van der Waals surface area contributed by atoms with Crippen LogP contribution in [0.4, 0.5) is 23.1 Å². The normalized spacial score (nSPS) is 13.2. The van der Waals surface area contributed by atoms with E-state index in [1.807, 2.05) is 19.1 Å². The number of para-hydroxylation sites is 1. The Balaban J connectivity index is 1.55. The van der Waals surface area contributed by atoms with Crippen LogP contribution in [0.5, 0.6) is 5.75 Å². The number of methoxy groups -OCH3 is 1. The molecule has 4 rings (SSSR count). The van der Waals surface area contributed by atoms with Gasteiger partial charge in [-0.15, -0.1) is 0 Å². The lowest BCUT2D eigenvalue weighted by Gasteiger charge is -2.21. The van der Waals surface area contributed by atoms with E-state index in [0.29, 0.717) is 46.9 Å². The zero-order chi connectivity index (χ0) is 27.9. The lowest BCUT2D eigenvalue weighted by Crippen LogP contribution is -2.37. The van der Waals surface area contributed by atoms with Crippen LogP contribution in [0.2, 0.25) is 5.02 Å². The number of nitrogens with zero attached hydrogens (tertiary/aromatic N) is 4. The topological polar surface area (TPSA) is 112 Å². The summed E-state index contributed by atoms with van der Waals surface area (Å²) in [5.41, 5.74) is 4.16. The maximum absolute atomic E-state index is 12.5. The summed E-state index contributed by atoms with van der Waals surface area (Å²) in [5, 5.41) is 9.56. The van der Waals surface area contributed by atoms with Gasteiger partial charge in [0, 0.05) is 33.7 Å². The van der Waals surface area contributed by atoms with Gasteiger partial charge in [-0.3, -0.25) is 14.5 Å². The Morgan fingerprint density at radius 3 is 2.49 bits per heavy atom. The highest BCUT2D eigenvalue weighted by molar-refractivity contribution is 6.33. The van der Waals surface area contributed by atoms with Gasteiger partial charge >= 0.3 is 0 Å². The number of aromatic nitrogens is 2. The number of hydrogen-bond acceptors (Lipinski definition) is 8. The van der Waals surface area contributed by atoms with Crippen LogP contribution in [0.3, 0.4) is 0 Å². The maximum Gasteiger partial charge on any atom is 0.253 e. The van der Waals surface area contributed by atoms with Crippen molar-refractivity contribution in [1.82, 2.24) is 25.1 Å². The minimum Gasteiger partial charge on any atom is -0.495 e. The number of carbonyl (C=O) groups is 2. The molecule has 206 valence electrons. The Kier molecular flexibility index (Phi) is 9.21. The summed E-state index contributed by atoms with van der Waals surface area (Å²) in [5.74, 6) is 1.26. The average Bonchev–Trinajstić information content (AvgIpc) is 3.12. The largest absolute Gasteiger partial charge is 0.495 e. The van der Waals surface area contributed by atoms with Gasteiger partial charge in [0.2, 0.25) is 11.9 Å². The van der Waals surface area contributed by atoms with E-state index in [4.69, 9.17) is 16.3 Å². The van der Waals surface area contributed by atoms with Crippen LogP contribution in [-0.4, -0.2) is 79.0 Å². The molecular weight excluding hydrogens is 518 g/mol. The number of anilines is 4. The van der Waals surface area contributed by atoms with Crippen LogP contribution >= 0.6 is 11.6 Å². The first-order chi connectivity index (χ1) is 18.8. The number of likely N-dealkylation sites (N-methyl/N-ethyl adjacent to an activating group) is 1. The van der Waals surface area contributed by atoms with Crippen molar-refractivity contribution < 1.29 is 14.3 Å². The number of carbonyl (C=O) groups excluding carboxylic acids is 2. The maximum atomic E-state index is 12.5. The predicted octanol–water partition coefficient (Wildman–Crippen LogP) is 3.86. The Labute approximate surface area is 233 Å². The number of hydrogen-bond donors (Lipinski definition) is 3. The summed E-state index contributed by atoms with van der Waals surface area (Å²) in [6.07, 6.45) is 3.13. The standard InChI is InChI=1S/C28H34ClN7O3/c1-5-30-27(38)20-8-6-7-9-22(20)32-26-21(29)16-31-28(34-26)33-23-14-18-10-12-36(17-25(37)35(2)3)13-11-19(18)15-24(23)39-4/h6-9,14-16H,5,10-13,17H2,1-4H3,(H,30,38)(H2,31,32,33,34). The second kappa shape index (κ2) is 12.8. The number of nitrogens with one attached hydrogen (secondary N) is 3. The monoisotopic (exact) mass is 551 g/mol. The van der Waals surface area contributed by atoms with Crippen LogP contribution in [0.25, 0.3) is 0 Å². The van der Waals surface area contributed by atoms with Gasteiger partial charge < -0.3 is 25.6 Å². The Morgan fingerprint density at radius 1 is 1.08 bits per heavy atom. The number of fused-ring (bicyclic) bond motifs is 1. The molecule has 2 amide bonds. The SMILES string of the molecule is CCNC(=O)c1ccccc1Nc1nc(Nc2cc3c(cc2OC)CCN(CC(=O)N(C)C)CC3)ncc1Cl. The van der Waals surface area contributed by atoms with Crippen molar-refractivity contribution in [2.24, 2.45) is 0 Å². The van der Waals surface area contributed by atoms with E-state index in [9.17, 15) is 9.59 Å². The summed E-state index contributed by atoms with van der Waals surface area (Å²) in [6.45, 7) is 4.38.